The van der Waals surface area contributed by atoms with Crippen LogP contribution in [0.2, 0.25) is 5.02 Å². The van der Waals surface area contributed by atoms with Gasteiger partial charge in [-0.2, -0.15) is 0 Å². The Morgan fingerprint density at radius 1 is 1.22 bits per heavy atom. The second-order valence-corrected chi connectivity index (χ2v) is 5.48. The maximum atomic E-state index is 12.4. The lowest BCUT2D eigenvalue weighted by Gasteiger charge is -2.09. The zero-order chi connectivity index (χ0) is 16.4. The Morgan fingerprint density at radius 2 is 1.96 bits per heavy atom. The molecular weight excluding hydrogens is 312 g/mol. The minimum absolute atomic E-state index is 0.164. The van der Waals surface area contributed by atoms with Gasteiger partial charge in [0.15, 0.2) is 0 Å². The van der Waals surface area contributed by atoms with Crippen LogP contribution in [0, 0.1) is 19.3 Å². The molecule has 0 amide bonds. The van der Waals surface area contributed by atoms with Crippen molar-refractivity contribution in [2.75, 3.05) is 6.61 Å². The highest BCUT2D eigenvalue weighted by molar-refractivity contribution is 6.30. The topological polar surface area (TPSA) is 39.4 Å². The summed E-state index contributed by atoms with van der Waals surface area (Å²) in [5.74, 6) is 2.96. The summed E-state index contributed by atoms with van der Waals surface area (Å²) in [4.78, 5) is 12.4. The molecule has 4 heteroatoms. The van der Waals surface area contributed by atoms with Crippen LogP contribution in [-0.2, 0) is 0 Å². The van der Waals surface area contributed by atoms with Crippen LogP contribution in [-0.4, -0.2) is 6.61 Å². The third-order valence-corrected chi connectivity index (χ3v) is 3.85. The molecule has 0 aliphatic rings. The molecule has 0 radical (unpaired) electrons. The molecule has 0 bridgehead atoms. The number of halogens is 1. The smallest absolute Gasteiger partial charge is 0.344 e. The van der Waals surface area contributed by atoms with E-state index in [1.54, 1.807) is 36.4 Å². The van der Waals surface area contributed by atoms with Crippen molar-refractivity contribution in [2.24, 2.45) is 0 Å². The van der Waals surface area contributed by atoms with Gasteiger partial charge in [-0.25, -0.2) is 4.79 Å². The third-order valence-electron chi connectivity index (χ3n) is 3.59. The van der Waals surface area contributed by atoms with Gasteiger partial charge in [-0.1, -0.05) is 29.7 Å². The summed E-state index contributed by atoms with van der Waals surface area (Å²) in [5, 5.41) is 1.47. The Kier molecular flexibility index (Phi) is 4.10. The van der Waals surface area contributed by atoms with Crippen molar-refractivity contribution >= 4 is 22.6 Å². The minimum Gasteiger partial charge on any atom is -0.481 e. The monoisotopic (exact) mass is 324 g/mol. The van der Waals surface area contributed by atoms with E-state index >= 15 is 0 Å². The molecule has 3 rings (SSSR count). The summed E-state index contributed by atoms with van der Waals surface area (Å²) < 4.78 is 10.8. The summed E-state index contributed by atoms with van der Waals surface area (Å²) in [5.41, 5.74) is 2.23. The summed E-state index contributed by atoms with van der Waals surface area (Å²) >= 11 is 5.90. The number of aryl methyl sites for hydroxylation is 1. The van der Waals surface area contributed by atoms with Gasteiger partial charge in [0.25, 0.3) is 0 Å². The van der Waals surface area contributed by atoms with Gasteiger partial charge in [-0.15, -0.1) is 6.42 Å². The van der Waals surface area contributed by atoms with Crippen LogP contribution in [0.25, 0.3) is 22.1 Å². The molecule has 1 heterocycles. The Bertz CT molecular complexity index is 963. The van der Waals surface area contributed by atoms with Crippen molar-refractivity contribution in [3.63, 3.8) is 0 Å². The lowest BCUT2D eigenvalue weighted by atomic mass is 10.00. The first-order chi connectivity index (χ1) is 11.1. The standard InChI is InChI=1S/C19H13ClO3/c1-3-10-22-15-8-9-16-12(2)18(19(21)23-17(16)11-15)13-4-6-14(20)7-5-13/h1,4-9,11H,10H2,2H3. The fraction of sp³-hybridized carbons (Fsp3) is 0.105. The number of hydrogen-bond acceptors (Lipinski definition) is 3. The van der Waals surface area contributed by atoms with Crippen molar-refractivity contribution in [1.29, 1.82) is 0 Å². The molecule has 0 fully saturated rings. The molecule has 2 aromatic carbocycles. The largest absolute Gasteiger partial charge is 0.481 e. The highest BCUT2D eigenvalue weighted by Gasteiger charge is 2.13. The molecular formula is C19H13ClO3. The molecule has 0 saturated heterocycles. The van der Waals surface area contributed by atoms with Gasteiger partial charge in [0.05, 0.1) is 5.56 Å². The lowest BCUT2D eigenvalue weighted by molar-refractivity contribution is 0.370. The zero-order valence-corrected chi connectivity index (χ0v) is 13.2. The quantitative estimate of drug-likeness (QED) is 0.528. The highest BCUT2D eigenvalue weighted by atomic mass is 35.5. The number of hydrogen-bond donors (Lipinski definition) is 0. The van der Waals surface area contributed by atoms with Crippen LogP contribution in [0.1, 0.15) is 5.56 Å². The fourth-order valence-corrected chi connectivity index (χ4v) is 2.63. The summed E-state index contributed by atoms with van der Waals surface area (Å²) in [7, 11) is 0. The van der Waals surface area contributed by atoms with Crippen LogP contribution in [0.4, 0.5) is 0 Å². The van der Waals surface area contributed by atoms with Crippen LogP contribution in [0.3, 0.4) is 0 Å². The maximum Gasteiger partial charge on any atom is 0.344 e. The first kappa shape index (κ1) is 15.2. The summed E-state index contributed by atoms with van der Waals surface area (Å²) in [6.07, 6.45) is 5.17. The van der Waals surface area contributed by atoms with Gasteiger partial charge in [0.2, 0.25) is 0 Å². The molecule has 0 unspecified atom stereocenters. The summed E-state index contributed by atoms with van der Waals surface area (Å²) in [6.45, 7) is 2.06. The van der Waals surface area contributed by atoms with E-state index < -0.39 is 5.63 Å². The van der Waals surface area contributed by atoms with E-state index in [2.05, 4.69) is 5.92 Å². The molecule has 0 aliphatic heterocycles. The molecule has 114 valence electrons. The Morgan fingerprint density at radius 3 is 2.65 bits per heavy atom. The number of terminal acetylenes is 1. The van der Waals surface area contributed by atoms with Crippen molar-refractivity contribution in [3.8, 4) is 29.2 Å². The number of fused-ring (bicyclic) bond motifs is 1. The van der Waals surface area contributed by atoms with Gasteiger partial charge in [0, 0.05) is 16.5 Å². The van der Waals surface area contributed by atoms with Crippen LogP contribution < -0.4 is 10.4 Å². The molecule has 1 aromatic heterocycles. The summed E-state index contributed by atoms with van der Waals surface area (Å²) in [6, 6.07) is 12.4. The van der Waals surface area contributed by atoms with Crippen molar-refractivity contribution in [3.05, 3.63) is 63.5 Å². The average molecular weight is 325 g/mol. The maximum absolute atomic E-state index is 12.4. The Labute approximate surface area is 138 Å². The molecule has 3 aromatic rings. The SMILES string of the molecule is C#CCOc1ccc2c(C)c(-c3ccc(Cl)cc3)c(=O)oc2c1. The van der Waals surface area contributed by atoms with E-state index in [9.17, 15) is 4.79 Å². The predicted molar refractivity (Wildman–Crippen MR) is 92.0 cm³/mol. The molecule has 3 nitrogen and oxygen atoms in total. The molecule has 0 N–H and O–H groups in total. The van der Waals surface area contributed by atoms with Crippen LogP contribution >= 0.6 is 11.6 Å². The zero-order valence-electron chi connectivity index (χ0n) is 12.4. The molecule has 23 heavy (non-hydrogen) atoms. The van der Waals surface area contributed by atoms with E-state index in [-0.39, 0.29) is 6.61 Å². The van der Waals surface area contributed by atoms with Crippen molar-refractivity contribution < 1.29 is 9.15 Å². The van der Waals surface area contributed by atoms with Gasteiger partial charge < -0.3 is 9.15 Å². The normalized spacial score (nSPS) is 10.5. The lowest BCUT2D eigenvalue weighted by Crippen LogP contribution is -2.06. The van der Waals surface area contributed by atoms with Gasteiger partial charge in [-0.3, -0.25) is 0 Å². The molecule has 0 atom stereocenters. The second-order valence-electron chi connectivity index (χ2n) is 5.05. The van der Waals surface area contributed by atoms with Crippen LogP contribution in [0.5, 0.6) is 5.75 Å². The molecule has 0 spiro atoms. The Hall–Kier alpha value is -2.70. The first-order valence-corrected chi connectivity index (χ1v) is 7.37. The predicted octanol–water partition coefficient (Wildman–Crippen LogP) is 4.43. The van der Waals surface area contributed by atoms with E-state index in [4.69, 9.17) is 27.2 Å². The van der Waals surface area contributed by atoms with Gasteiger partial charge >= 0.3 is 5.63 Å². The number of ether oxygens (including phenoxy) is 1. The second kappa shape index (κ2) is 6.20. The highest BCUT2D eigenvalue weighted by Crippen LogP contribution is 2.29. The minimum atomic E-state index is -0.397. The number of rotatable bonds is 3. The molecule has 0 saturated carbocycles. The van der Waals surface area contributed by atoms with E-state index in [0.29, 0.717) is 21.9 Å². The third kappa shape index (κ3) is 2.94. The first-order valence-electron chi connectivity index (χ1n) is 7.00. The average Bonchev–Trinajstić information content (AvgIpc) is 2.54. The Balaban J connectivity index is 2.16. The fourth-order valence-electron chi connectivity index (χ4n) is 2.50. The van der Waals surface area contributed by atoms with Crippen molar-refractivity contribution in [1.82, 2.24) is 0 Å². The van der Waals surface area contributed by atoms with E-state index in [1.807, 2.05) is 13.0 Å². The number of benzene rings is 2. The van der Waals surface area contributed by atoms with E-state index in [0.717, 1.165) is 16.5 Å². The van der Waals surface area contributed by atoms with Gasteiger partial charge in [-0.05, 0) is 42.3 Å². The van der Waals surface area contributed by atoms with Crippen molar-refractivity contribution in [2.45, 2.75) is 6.92 Å². The van der Waals surface area contributed by atoms with E-state index in [1.165, 1.54) is 0 Å². The van der Waals surface area contributed by atoms with Gasteiger partial charge in [0.1, 0.15) is 17.9 Å². The molecule has 0 aliphatic carbocycles. The van der Waals surface area contributed by atoms with Crippen LogP contribution in [0.15, 0.2) is 51.7 Å².